The standard InChI is InChI=1S/C9H8BrF3O2/c1-14-4-15-6-3-2-5(10)7(8(6)11)9(12)13/h2-3,9H,4H2,1H3. The van der Waals surface area contributed by atoms with Gasteiger partial charge in [-0.15, -0.1) is 0 Å². The molecule has 1 aromatic carbocycles. The minimum absolute atomic E-state index is 0.0137. The Hall–Kier alpha value is -0.750. The van der Waals surface area contributed by atoms with E-state index in [0.717, 1.165) is 0 Å². The summed E-state index contributed by atoms with van der Waals surface area (Å²) in [6.45, 7) is -0.193. The molecule has 15 heavy (non-hydrogen) atoms. The van der Waals surface area contributed by atoms with Crippen LogP contribution in [0.3, 0.4) is 0 Å². The van der Waals surface area contributed by atoms with Gasteiger partial charge in [0.15, 0.2) is 18.4 Å². The fourth-order valence-electron chi connectivity index (χ4n) is 0.983. The number of methoxy groups -OCH3 is 1. The van der Waals surface area contributed by atoms with Crippen LogP contribution in [-0.2, 0) is 4.74 Å². The molecule has 0 heterocycles. The van der Waals surface area contributed by atoms with Crippen LogP contribution in [0.2, 0.25) is 0 Å². The van der Waals surface area contributed by atoms with Crippen molar-refractivity contribution in [3.8, 4) is 5.75 Å². The van der Waals surface area contributed by atoms with Crippen molar-refractivity contribution >= 4 is 15.9 Å². The third-order valence-corrected chi connectivity index (χ3v) is 2.33. The molecule has 0 amide bonds. The van der Waals surface area contributed by atoms with E-state index in [1.54, 1.807) is 0 Å². The van der Waals surface area contributed by atoms with Gasteiger partial charge in [0, 0.05) is 11.6 Å². The van der Waals surface area contributed by atoms with Crippen LogP contribution < -0.4 is 4.74 Å². The highest BCUT2D eigenvalue weighted by Crippen LogP contribution is 2.34. The molecule has 0 radical (unpaired) electrons. The second-order valence-corrected chi connectivity index (χ2v) is 3.48. The topological polar surface area (TPSA) is 18.5 Å². The van der Waals surface area contributed by atoms with Crippen LogP contribution in [0.5, 0.6) is 5.75 Å². The van der Waals surface area contributed by atoms with Crippen molar-refractivity contribution in [1.29, 1.82) is 0 Å². The number of halogens is 4. The average molecular weight is 285 g/mol. The van der Waals surface area contributed by atoms with Crippen molar-refractivity contribution in [2.24, 2.45) is 0 Å². The monoisotopic (exact) mass is 284 g/mol. The first-order chi connectivity index (χ1) is 7.07. The second-order valence-electron chi connectivity index (χ2n) is 2.62. The normalized spacial score (nSPS) is 10.8. The Morgan fingerprint density at radius 1 is 1.40 bits per heavy atom. The maximum atomic E-state index is 13.4. The molecule has 2 nitrogen and oxygen atoms in total. The molecule has 1 rings (SSSR count). The Balaban J connectivity index is 3.05. The van der Waals surface area contributed by atoms with Crippen LogP contribution in [0.4, 0.5) is 13.2 Å². The largest absolute Gasteiger partial charge is 0.464 e. The zero-order chi connectivity index (χ0) is 11.4. The molecule has 0 aliphatic heterocycles. The molecule has 0 aliphatic carbocycles. The van der Waals surface area contributed by atoms with E-state index in [4.69, 9.17) is 4.74 Å². The first-order valence-corrected chi connectivity index (χ1v) is 4.75. The van der Waals surface area contributed by atoms with Crippen LogP contribution in [0.15, 0.2) is 16.6 Å². The number of rotatable bonds is 4. The van der Waals surface area contributed by atoms with Gasteiger partial charge in [0.2, 0.25) is 0 Å². The smallest absolute Gasteiger partial charge is 0.267 e. The number of hydrogen-bond acceptors (Lipinski definition) is 2. The molecule has 1 aromatic rings. The Morgan fingerprint density at radius 3 is 2.60 bits per heavy atom. The van der Waals surface area contributed by atoms with Crippen LogP contribution in [0.25, 0.3) is 0 Å². The number of hydrogen-bond donors (Lipinski definition) is 0. The quantitative estimate of drug-likeness (QED) is 0.788. The fraction of sp³-hybridized carbons (Fsp3) is 0.333. The van der Waals surface area contributed by atoms with Gasteiger partial charge in [0.1, 0.15) is 0 Å². The summed E-state index contributed by atoms with van der Waals surface area (Å²) in [6.07, 6.45) is -2.90. The highest BCUT2D eigenvalue weighted by atomic mass is 79.9. The van der Waals surface area contributed by atoms with Crippen molar-refractivity contribution in [3.05, 3.63) is 28.0 Å². The summed E-state index contributed by atoms with van der Waals surface area (Å²) in [5.74, 6) is -1.33. The third kappa shape index (κ3) is 2.85. The van der Waals surface area contributed by atoms with Gasteiger partial charge in [0.05, 0.1) is 5.56 Å². The van der Waals surface area contributed by atoms with Gasteiger partial charge < -0.3 is 9.47 Å². The van der Waals surface area contributed by atoms with Crippen molar-refractivity contribution < 1.29 is 22.6 Å². The summed E-state index contributed by atoms with van der Waals surface area (Å²) in [5.41, 5.74) is -0.705. The highest BCUT2D eigenvalue weighted by molar-refractivity contribution is 9.10. The Labute approximate surface area is 93.1 Å². The summed E-state index contributed by atoms with van der Waals surface area (Å²) >= 11 is 2.84. The first kappa shape index (κ1) is 12.3. The molecule has 0 aromatic heterocycles. The molecule has 0 unspecified atom stereocenters. The van der Waals surface area contributed by atoms with Crippen LogP contribution in [-0.4, -0.2) is 13.9 Å². The second kappa shape index (κ2) is 5.37. The molecular weight excluding hydrogens is 277 g/mol. The van der Waals surface area contributed by atoms with E-state index < -0.39 is 17.8 Å². The van der Waals surface area contributed by atoms with Gasteiger partial charge in [-0.2, -0.15) is 0 Å². The molecule has 0 bridgehead atoms. The summed E-state index contributed by atoms with van der Waals surface area (Å²) in [7, 11) is 1.35. The maximum Gasteiger partial charge on any atom is 0.267 e. The van der Waals surface area contributed by atoms with Crippen molar-refractivity contribution in [2.75, 3.05) is 13.9 Å². The van der Waals surface area contributed by atoms with E-state index >= 15 is 0 Å². The molecule has 0 saturated carbocycles. The molecule has 84 valence electrons. The van der Waals surface area contributed by atoms with Gasteiger partial charge in [-0.3, -0.25) is 0 Å². The molecule has 0 saturated heterocycles. The maximum absolute atomic E-state index is 13.4. The zero-order valence-electron chi connectivity index (χ0n) is 7.77. The summed E-state index contributed by atoms with van der Waals surface area (Å²) in [4.78, 5) is 0. The van der Waals surface area contributed by atoms with Crippen LogP contribution >= 0.6 is 15.9 Å². The van der Waals surface area contributed by atoms with Gasteiger partial charge in [-0.25, -0.2) is 13.2 Å². The number of alkyl halides is 2. The predicted molar refractivity (Wildman–Crippen MR) is 51.6 cm³/mol. The molecule has 0 aliphatic rings. The summed E-state index contributed by atoms with van der Waals surface area (Å²) in [5, 5.41) is 0. The van der Waals surface area contributed by atoms with E-state index in [2.05, 4.69) is 20.7 Å². The number of benzene rings is 1. The zero-order valence-corrected chi connectivity index (χ0v) is 9.35. The molecule has 0 N–H and O–H groups in total. The van der Waals surface area contributed by atoms with E-state index in [1.165, 1.54) is 19.2 Å². The highest BCUT2D eigenvalue weighted by Gasteiger charge is 2.20. The molecule has 0 spiro atoms. The predicted octanol–water partition coefficient (Wildman–Crippen LogP) is 3.51. The summed E-state index contributed by atoms with van der Waals surface area (Å²) in [6, 6.07) is 2.56. The lowest BCUT2D eigenvalue weighted by Crippen LogP contribution is -2.03. The van der Waals surface area contributed by atoms with Crippen molar-refractivity contribution in [2.45, 2.75) is 6.43 Å². The van der Waals surface area contributed by atoms with Gasteiger partial charge in [0.25, 0.3) is 6.43 Å². The SMILES string of the molecule is COCOc1ccc(Br)c(C(F)F)c1F. The number of ether oxygens (including phenoxy) is 2. The van der Waals surface area contributed by atoms with Gasteiger partial charge >= 0.3 is 0 Å². The lowest BCUT2D eigenvalue weighted by molar-refractivity contribution is 0.0473. The lowest BCUT2D eigenvalue weighted by Gasteiger charge is -2.10. The fourth-order valence-corrected chi connectivity index (χ4v) is 1.46. The van der Waals surface area contributed by atoms with Gasteiger partial charge in [-0.1, -0.05) is 15.9 Å². The Bertz CT molecular complexity index is 344. The minimum Gasteiger partial charge on any atom is -0.464 e. The molecule has 6 heteroatoms. The summed E-state index contributed by atoms with van der Waals surface area (Å²) < 4.78 is 47.6. The van der Waals surface area contributed by atoms with E-state index in [9.17, 15) is 13.2 Å². The molecule has 0 atom stereocenters. The molecular formula is C9H8BrF3O2. The van der Waals surface area contributed by atoms with Crippen molar-refractivity contribution in [3.63, 3.8) is 0 Å². The van der Waals surface area contributed by atoms with Crippen LogP contribution in [0, 0.1) is 5.82 Å². The van der Waals surface area contributed by atoms with Crippen molar-refractivity contribution in [1.82, 2.24) is 0 Å². The van der Waals surface area contributed by atoms with E-state index in [-0.39, 0.29) is 17.0 Å². The molecule has 0 fully saturated rings. The Morgan fingerprint density at radius 2 is 2.07 bits per heavy atom. The van der Waals surface area contributed by atoms with E-state index in [0.29, 0.717) is 0 Å². The lowest BCUT2D eigenvalue weighted by atomic mass is 10.2. The minimum atomic E-state index is -2.90. The van der Waals surface area contributed by atoms with Crippen LogP contribution in [0.1, 0.15) is 12.0 Å². The average Bonchev–Trinajstić information content (AvgIpc) is 2.16. The third-order valence-electron chi connectivity index (χ3n) is 1.64. The first-order valence-electron chi connectivity index (χ1n) is 3.95. The van der Waals surface area contributed by atoms with Gasteiger partial charge in [-0.05, 0) is 12.1 Å². The Kier molecular flexibility index (Phi) is 4.41. The van der Waals surface area contributed by atoms with E-state index in [1.807, 2.05) is 0 Å².